The van der Waals surface area contributed by atoms with Gasteiger partial charge in [-0.1, -0.05) is 8.64 Å². The molecule has 0 saturated heterocycles. The Balaban J connectivity index is -0.0000000370. The Morgan fingerprint density at radius 3 is 0.867 bits per heavy atom. The van der Waals surface area contributed by atoms with Gasteiger partial charge in [0.1, 0.15) is 0 Å². The van der Waals surface area contributed by atoms with Crippen molar-refractivity contribution in [1.29, 1.82) is 0 Å². The summed E-state index contributed by atoms with van der Waals surface area (Å²) in [5, 5.41) is 0. The summed E-state index contributed by atoms with van der Waals surface area (Å²) in [6.07, 6.45) is 0. The fourth-order valence-corrected chi connectivity index (χ4v) is 0. The Hall–Kier alpha value is 1.61. The standard InChI is InChI=1S/2C3H7NS2.Mo.2S/c2*1-4(2)3(5)6;;;/h2*1-2H3,(H,5,6);;;/q;;+6;2*-2/p-2. The van der Waals surface area contributed by atoms with E-state index in [-0.39, 0.29) is 48.1 Å². The van der Waals surface area contributed by atoms with Crippen molar-refractivity contribution in [2.75, 3.05) is 28.2 Å². The van der Waals surface area contributed by atoms with Crippen LogP contribution in [0.3, 0.4) is 0 Å². The predicted octanol–water partition coefficient (Wildman–Crippen LogP) is 0.752. The second-order valence-electron chi connectivity index (χ2n) is 2.32. The Morgan fingerprint density at radius 1 is 0.800 bits per heavy atom. The second kappa shape index (κ2) is 18.0. The molecule has 0 aromatic carbocycles. The molecule has 0 heterocycles. The molecule has 0 radical (unpaired) electrons. The Morgan fingerprint density at radius 2 is 0.867 bits per heavy atom. The maximum Gasteiger partial charge on any atom is 6.00 e. The van der Waals surface area contributed by atoms with Crippen molar-refractivity contribution in [3.8, 4) is 0 Å². The summed E-state index contributed by atoms with van der Waals surface area (Å²) in [5.74, 6) is 0. The van der Waals surface area contributed by atoms with Crippen LogP contribution >= 0.6 is 24.4 Å². The van der Waals surface area contributed by atoms with Gasteiger partial charge in [0.2, 0.25) is 0 Å². The van der Waals surface area contributed by atoms with Crippen molar-refractivity contribution >= 4 is 85.3 Å². The smallest absolute Gasteiger partial charge is 2.00 e. The van der Waals surface area contributed by atoms with Crippen LogP contribution in [0.2, 0.25) is 0 Å². The van der Waals surface area contributed by atoms with Gasteiger partial charge >= 0.3 is 21.1 Å². The van der Waals surface area contributed by atoms with E-state index in [0.29, 0.717) is 8.64 Å². The molecule has 0 aliphatic rings. The van der Waals surface area contributed by atoms with E-state index < -0.39 is 0 Å². The first-order valence-electron chi connectivity index (χ1n) is 3.05. The molecule has 0 aromatic heterocycles. The molecule has 2 nitrogen and oxygen atoms in total. The van der Waals surface area contributed by atoms with E-state index in [2.05, 4.69) is 49.7 Å². The molecule has 0 unspecified atom stereocenters. The third kappa shape index (κ3) is 31.3. The summed E-state index contributed by atoms with van der Waals surface area (Å²) >= 11 is 18.2. The fraction of sp³-hybridized carbons (Fsp3) is 0.667. The van der Waals surface area contributed by atoms with Crippen LogP contribution in [0.1, 0.15) is 0 Å². The largest absolute Gasteiger partial charge is 6.00 e. The van der Waals surface area contributed by atoms with Gasteiger partial charge in [0, 0.05) is 28.2 Å². The number of hydrogen-bond donors (Lipinski definition) is 0. The van der Waals surface area contributed by atoms with E-state index in [1.807, 2.05) is 28.2 Å². The van der Waals surface area contributed by atoms with Crippen molar-refractivity contribution < 1.29 is 21.1 Å². The summed E-state index contributed by atoms with van der Waals surface area (Å²) in [5.41, 5.74) is 0. The van der Waals surface area contributed by atoms with E-state index in [1.54, 1.807) is 9.80 Å². The van der Waals surface area contributed by atoms with Gasteiger partial charge < -0.3 is 86.5 Å². The zero-order chi connectivity index (χ0) is 10.3. The second-order valence-corrected chi connectivity index (χ2v) is 4.38. The van der Waals surface area contributed by atoms with Crippen molar-refractivity contribution in [1.82, 2.24) is 9.80 Å². The van der Waals surface area contributed by atoms with E-state index in [9.17, 15) is 0 Å². The molecule has 0 atom stereocenters. The Kier molecular flexibility index (Phi) is 36.0. The molecule has 0 saturated carbocycles. The van der Waals surface area contributed by atoms with Gasteiger partial charge in [-0.15, -0.1) is 0 Å². The molecule has 0 bridgehead atoms. The minimum absolute atomic E-state index is 0. The average Bonchev–Trinajstić information content (AvgIpc) is 1.88. The van der Waals surface area contributed by atoms with Crippen molar-refractivity contribution in [3.05, 3.63) is 0 Å². The molecule has 88 valence electrons. The molecular weight excluding hydrogens is 388 g/mol. The molecule has 0 fully saturated rings. The van der Waals surface area contributed by atoms with Crippen LogP contribution in [0.25, 0.3) is 0 Å². The summed E-state index contributed by atoms with van der Waals surface area (Å²) in [6, 6.07) is 0. The topological polar surface area (TPSA) is 6.48 Å². The van der Waals surface area contributed by atoms with Crippen LogP contribution in [0, 0.1) is 0 Å². The van der Waals surface area contributed by atoms with Crippen LogP contribution in [0.4, 0.5) is 0 Å². The molecule has 0 aromatic rings. The SMILES string of the molecule is CN(C)C(=S)[S-].CN(C)C(=S)[S-].[Mo+6].[S-2].[S-2]. The van der Waals surface area contributed by atoms with Crippen LogP contribution in [0.15, 0.2) is 0 Å². The minimum atomic E-state index is 0. The first-order valence-corrected chi connectivity index (χ1v) is 4.69. The van der Waals surface area contributed by atoms with Gasteiger partial charge in [-0.3, -0.25) is 0 Å². The number of rotatable bonds is 0. The van der Waals surface area contributed by atoms with Crippen LogP contribution in [-0.2, 0) is 73.3 Å². The van der Waals surface area contributed by atoms with Gasteiger partial charge in [0.15, 0.2) is 0 Å². The molecule has 0 aliphatic heterocycles. The van der Waals surface area contributed by atoms with Crippen molar-refractivity contribution in [3.63, 3.8) is 0 Å². The van der Waals surface area contributed by atoms with Gasteiger partial charge in [-0.05, 0) is 0 Å². The fourth-order valence-electron chi connectivity index (χ4n) is 0. The maximum atomic E-state index is 4.56. The average molecular weight is 401 g/mol. The molecule has 0 amide bonds. The molecular formula is C6H12MoN2S6. The molecule has 0 rings (SSSR count). The molecule has 15 heavy (non-hydrogen) atoms. The van der Waals surface area contributed by atoms with Gasteiger partial charge in [-0.25, -0.2) is 0 Å². The first-order chi connectivity index (χ1) is 5.29. The molecule has 9 heteroatoms. The third-order valence-corrected chi connectivity index (χ3v) is 2.19. The maximum absolute atomic E-state index is 4.56. The Labute approximate surface area is 143 Å². The molecule has 0 N–H and O–H groups in total. The quantitative estimate of drug-likeness (QED) is 0.334. The number of thiocarbonyl (C=S) groups is 2. The first kappa shape index (κ1) is 30.0. The normalized spacial score (nSPS) is 6.13. The van der Waals surface area contributed by atoms with E-state index >= 15 is 0 Å². The minimum Gasteiger partial charge on any atom is -2.00 e. The number of nitrogens with zero attached hydrogens (tertiary/aromatic N) is 2. The van der Waals surface area contributed by atoms with E-state index in [0.717, 1.165) is 0 Å². The predicted molar refractivity (Wildman–Crippen MR) is 82.0 cm³/mol. The summed E-state index contributed by atoms with van der Waals surface area (Å²) in [7, 11) is 7.31. The third-order valence-electron chi connectivity index (χ3n) is 0.730. The molecule has 0 aliphatic carbocycles. The zero-order valence-electron chi connectivity index (χ0n) is 8.75. The number of hydrogen-bond acceptors (Lipinski definition) is 4. The summed E-state index contributed by atoms with van der Waals surface area (Å²) in [4.78, 5) is 3.43. The van der Waals surface area contributed by atoms with Gasteiger partial charge in [0.25, 0.3) is 0 Å². The van der Waals surface area contributed by atoms with Gasteiger partial charge in [-0.2, -0.15) is 0 Å². The van der Waals surface area contributed by atoms with Crippen LogP contribution < -0.4 is 0 Å². The molecule has 0 spiro atoms. The van der Waals surface area contributed by atoms with Crippen molar-refractivity contribution in [2.45, 2.75) is 0 Å². The zero-order valence-corrected chi connectivity index (χ0v) is 15.7. The summed E-state index contributed by atoms with van der Waals surface area (Å²) < 4.78 is 1.02. The summed E-state index contributed by atoms with van der Waals surface area (Å²) in [6.45, 7) is 0. The van der Waals surface area contributed by atoms with Crippen LogP contribution in [-0.4, -0.2) is 46.6 Å². The van der Waals surface area contributed by atoms with Gasteiger partial charge in [0.05, 0.1) is 0 Å². The van der Waals surface area contributed by atoms with Crippen molar-refractivity contribution in [2.24, 2.45) is 0 Å². The Bertz CT molecular complexity index is 146. The monoisotopic (exact) mass is 402 g/mol. The van der Waals surface area contributed by atoms with Crippen LogP contribution in [0.5, 0.6) is 0 Å². The van der Waals surface area contributed by atoms with E-state index in [1.165, 1.54) is 0 Å². The van der Waals surface area contributed by atoms with E-state index in [4.69, 9.17) is 0 Å².